The number of halogens is 1. The van der Waals surface area contributed by atoms with Crippen molar-refractivity contribution in [2.24, 2.45) is 0 Å². The van der Waals surface area contributed by atoms with Gasteiger partial charge in [0.1, 0.15) is 23.3 Å². The van der Waals surface area contributed by atoms with Crippen molar-refractivity contribution in [2.75, 3.05) is 26.6 Å². The molecule has 6 rings (SSSR count). The van der Waals surface area contributed by atoms with Gasteiger partial charge in [-0.25, -0.2) is 14.2 Å². The smallest absolute Gasteiger partial charge is 0.407 e. The first-order chi connectivity index (χ1) is 20.9. The topological polar surface area (TPSA) is 115 Å². The number of alkyl carbamates (subject to hydrolysis) is 1. The summed E-state index contributed by atoms with van der Waals surface area (Å²) < 4.78 is 37.8. The lowest BCUT2D eigenvalue weighted by molar-refractivity contribution is 0.0765. The zero-order valence-corrected chi connectivity index (χ0v) is 24.2. The van der Waals surface area contributed by atoms with Crippen LogP contribution in [0.1, 0.15) is 47.2 Å². The summed E-state index contributed by atoms with van der Waals surface area (Å²) in [6.45, 7) is 0.242. The van der Waals surface area contributed by atoms with Gasteiger partial charge in [0.25, 0.3) is 5.91 Å². The largest absolute Gasteiger partial charge is 0.497 e. The average Bonchev–Trinajstić information content (AvgIpc) is 3.61. The van der Waals surface area contributed by atoms with Crippen LogP contribution < -0.4 is 20.1 Å². The fraction of sp³-hybridized carbons (Fsp3) is 0.344. The SMILES string of the molecule is COC(=O)N[C@H]1CCCC[C@H]1Nc1nc(-c2coc3ccccc23)c2c(c1F)CN(Cc1ccc(OC)cc1OC)C2=O. The molecule has 2 aromatic carbocycles. The maximum Gasteiger partial charge on any atom is 0.407 e. The van der Waals surface area contributed by atoms with Gasteiger partial charge in [-0.05, 0) is 31.0 Å². The molecular weight excluding hydrogens is 555 g/mol. The molecule has 0 unspecified atom stereocenters. The summed E-state index contributed by atoms with van der Waals surface area (Å²) in [6, 6.07) is 12.3. The minimum absolute atomic E-state index is 0.0271. The maximum atomic E-state index is 16.4. The Labute approximate surface area is 248 Å². The van der Waals surface area contributed by atoms with Crippen molar-refractivity contribution in [1.82, 2.24) is 15.2 Å². The first kappa shape index (κ1) is 28.3. The third kappa shape index (κ3) is 5.31. The molecule has 1 fully saturated rings. The molecule has 0 saturated heterocycles. The standard InChI is InChI=1S/C32H33FN4O6/c1-40-19-13-12-18(26(14-19)41-2)15-37-16-21-27(31(37)38)29(22-17-43-25-11-7-4-8-20(22)25)36-30(28(21)33)34-23-9-5-6-10-24(23)35-32(39)42-3/h4,7-8,11-14,17,23-24H,5-6,9-10,15-16H2,1-3H3,(H,34,36)(H,35,39)/t23-,24+/m1/s1. The summed E-state index contributed by atoms with van der Waals surface area (Å²) in [6.07, 6.45) is 4.28. The molecular formula is C32H33FN4O6. The van der Waals surface area contributed by atoms with Gasteiger partial charge in [0.05, 0.1) is 45.2 Å². The Bertz CT molecular complexity index is 1690. The van der Waals surface area contributed by atoms with E-state index in [2.05, 4.69) is 10.6 Å². The van der Waals surface area contributed by atoms with Crippen molar-refractivity contribution in [3.8, 4) is 22.8 Å². The first-order valence-electron chi connectivity index (χ1n) is 14.2. The number of carbonyl (C=O) groups excluding carboxylic acids is 2. The van der Waals surface area contributed by atoms with Gasteiger partial charge in [0.2, 0.25) is 0 Å². The summed E-state index contributed by atoms with van der Waals surface area (Å²) in [4.78, 5) is 32.3. The van der Waals surface area contributed by atoms with Crippen molar-refractivity contribution < 1.29 is 32.6 Å². The Morgan fingerprint density at radius 3 is 2.65 bits per heavy atom. The van der Waals surface area contributed by atoms with Crippen LogP contribution >= 0.6 is 0 Å². The van der Waals surface area contributed by atoms with Crippen LogP contribution in [-0.4, -0.2) is 55.3 Å². The molecule has 1 saturated carbocycles. The number of hydrogen-bond donors (Lipinski definition) is 2. The Morgan fingerprint density at radius 2 is 1.88 bits per heavy atom. The summed E-state index contributed by atoms with van der Waals surface area (Å²) in [5.41, 5.74) is 2.78. The van der Waals surface area contributed by atoms with Crippen molar-refractivity contribution in [3.63, 3.8) is 0 Å². The minimum Gasteiger partial charge on any atom is -0.497 e. The van der Waals surface area contributed by atoms with E-state index in [9.17, 15) is 9.59 Å². The summed E-state index contributed by atoms with van der Waals surface area (Å²) in [7, 11) is 4.43. The van der Waals surface area contributed by atoms with E-state index >= 15 is 4.39 Å². The molecule has 224 valence electrons. The molecule has 43 heavy (non-hydrogen) atoms. The van der Waals surface area contributed by atoms with Gasteiger partial charge < -0.3 is 34.2 Å². The van der Waals surface area contributed by atoms with Gasteiger partial charge in [-0.1, -0.05) is 31.0 Å². The van der Waals surface area contributed by atoms with E-state index < -0.39 is 11.9 Å². The van der Waals surface area contributed by atoms with Crippen molar-refractivity contribution in [1.29, 1.82) is 0 Å². The van der Waals surface area contributed by atoms with Crippen molar-refractivity contribution in [3.05, 3.63) is 71.2 Å². The van der Waals surface area contributed by atoms with Crippen molar-refractivity contribution >= 4 is 28.8 Å². The van der Waals surface area contributed by atoms with E-state index in [1.807, 2.05) is 30.3 Å². The predicted octanol–water partition coefficient (Wildman–Crippen LogP) is 5.89. The van der Waals surface area contributed by atoms with Crippen LogP contribution in [0.2, 0.25) is 0 Å². The molecule has 2 atom stereocenters. The average molecular weight is 589 g/mol. The molecule has 0 spiro atoms. The molecule has 1 aliphatic carbocycles. The van der Waals surface area contributed by atoms with Gasteiger partial charge in [-0.15, -0.1) is 0 Å². The number of fused-ring (bicyclic) bond motifs is 2. The number of ether oxygens (including phenoxy) is 3. The first-order valence-corrected chi connectivity index (χ1v) is 14.2. The van der Waals surface area contributed by atoms with E-state index in [4.69, 9.17) is 23.6 Å². The van der Waals surface area contributed by atoms with Gasteiger partial charge in [-0.2, -0.15) is 0 Å². The van der Waals surface area contributed by atoms with E-state index in [1.54, 1.807) is 37.5 Å². The number of nitrogens with zero attached hydrogens (tertiary/aromatic N) is 2. The second-order valence-electron chi connectivity index (χ2n) is 10.7. The molecule has 0 bridgehead atoms. The minimum atomic E-state index is -0.591. The quantitative estimate of drug-likeness (QED) is 0.262. The van der Waals surface area contributed by atoms with Gasteiger partial charge in [0, 0.05) is 40.7 Å². The molecule has 11 heteroatoms. The molecule has 0 radical (unpaired) electrons. The van der Waals surface area contributed by atoms with Crippen molar-refractivity contribution in [2.45, 2.75) is 50.9 Å². The number of carbonyl (C=O) groups is 2. The van der Waals surface area contributed by atoms with Crippen LogP contribution in [0.4, 0.5) is 15.0 Å². The van der Waals surface area contributed by atoms with E-state index in [0.717, 1.165) is 23.8 Å². The number of rotatable bonds is 8. The molecule has 4 aromatic rings. The molecule has 1 aliphatic heterocycles. The van der Waals surface area contributed by atoms with Crippen LogP contribution in [-0.2, 0) is 17.8 Å². The number of benzene rings is 2. The number of para-hydroxylation sites is 1. The number of hydrogen-bond acceptors (Lipinski definition) is 8. The Kier molecular flexibility index (Phi) is 7.79. The molecule has 2 N–H and O–H groups in total. The van der Waals surface area contributed by atoms with E-state index in [-0.39, 0.29) is 48.0 Å². The molecule has 3 heterocycles. The highest BCUT2D eigenvalue weighted by Crippen LogP contribution is 2.40. The molecule has 2 amide bonds. The zero-order valence-electron chi connectivity index (χ0n) is 24.2. The summed E-state index contributed by atoms with van der Waals surface area (Å²) in [5.74, 6) is 0.283. The second kappa shape index (κ2) is 11.8. The van der Waals surface area contributed by atoms with Crippen LogP contribution in [0.15, 0.2) is 53.1 Å². The summed E-state index contributed by atoms with van der Waals surface area (Å²) in [5, 5.41) is 6.90. The number of aromatic nitrogens is 1. The van der Waals surface area contributed by atoms with Gasteiger partial charge in [-0.3, -0.25) is 4.79 Å². The van der Waals surface area contributed by atoms with Gasteiger partial charge >= 0.3 is 6.09 Å². The van der Waals surface area contributed by atoms with Gasteiger partial charge in [0.15, 0.2) is 11.6 Å². The highest BCUT2D eigenvalue weighted by atomic mass is 19.1. The number of amides is 2. The number of furan rings is 1. The monoisotopic (exact) mass is 588 g/mol. The third-order valence-corrected chi connectivity index (χ3v) is 8.25. The molecule has 2 aromatic heterocycles. The number of pyridine rings is 1. The summed E-state index contributed by atoms with van der Waals surface area (Å²) >= 11 is 0. The Balaban J connectivity index is 1.41. The lowest BCUT2D eigenvalue weighted by atomic mass is 9.90. The van der Waals surface area contributed by atoms with Crippen LogP contribution in [0.5, 0.6) is 11.5 Å². The highest BCUT2D eigenvalue weighted by molar-refractivity contribution is 6.07. The van der Waals surface area contributed by atoms with Crippen LogP contribution in [0.3, 0.4) is 0 Å². The molecule has 2 aliphatic rings. The number of nitrogens with one attached hydrogen (secondary N) is 2. The lowest BCUT2D eigenvalue weighted by Gasteiger charge is -2.33. The maximum absolute atomic E-state index is 16.4. The zero-order chi connectivity index (χ0) is 30.1. The van der Waals surface area contributed by atoms with E-state index in [0.29, 0.717) is 41.2 Å². The second-order valence-corrected chi connectivity index (χ2v) is 10.7. The lowest BCUT2D eigenvalue weighted by Crippen LogP contribution is -2.48. The fourth-order valence-corrected chi connectivity index (χ4v) is 6.04. The van der Waals surface area contributed by atoms with E-state index in [1.165, 1.54) is 7.11 Å². The fourth-order valence-electron chi connectivity index (χ4n) is 6.04. The predicted molar refractivity (Wildman–Crippen MR) is 158 cm³/mol. The van der Waals surface area contributed by atoms with Crippen LogP contribution in [0, 0.1) is 5.82 Å². The highest BCUT2D eigenvalue weighted by Gasteiger charge is 2.38. The van der Waals surface area contributed by atoms with Crippen LogP contribution in [0.25, 0.3) is 22.2 Å². The molecule has 10 nitrogen and oxygen atoms in total. The Hall–Kier alpha value is -4.80. The third-order valence-electron chi connectivity index (χ3n) is 8.25. The number of methoxy groups -OCH3 is 3. The Morgan fingerprint density at radius 1 is 1.09 bits per heavy atom. The normalized spacial score (nSPS) is 18.0. The number of anilines is 1.